The maximum Gasteiger partial charge on any atom is 0.340 e. The first-order valence-corrected chi connectivity index (χ1v) is 6.59. The molecule has 3 aromatic rings. The number of hydrogen-bond donors (Lipinski definition) is 2. The molecule has 2 aromatic heterocycles. The van der Waals surface area contributed by atoms with Crippen LogP contribution < -0.4 is 5.32 Å². The van der Waals surface area contributed by atoms with Crippen molar-refractivity contribution >= 4 is 22.7 Å². The number of aromatic amines is 1. The lowest BCUT2D eigenvalue weighted by Gasteiger charge is -2.07. The van der Waals surface area contributed by atoms with E-state index >= 15 is 0 Å². The number of carbonyl (C=O) groups is 1. The predicted molar refractivity (Wildman–Crippen MR) is 79.1 cm³/mol. The molecule has 0 aliphatic rings. The Kier molecular flexibility index (Phi) is 3.77. The van der Waals surface area contributed by atoms with Crippen LogP contribution in [0.1, 0.15) is 10.4 Å². The zero-order valence-corrected chi connectivity index (χ0v) is 11.2. The Bertz CT molecular complexity index is 740. The first kappa shape index (κ1) is 13.1. The molecule has 0 bridgehead atoms. The van der Waals surface area contributed by atoms with Crippen molar-refractivity contribution in [3.05, 3.63) is 54.4 Å². The molecule has 0 aliphatic heterocycles. The summed E-state index contributed by atoms with van der Waals surface area (Å²) in [6.45, 7) is 0.734. The molecule has 0 saturated carbocycles. The van der Waals surface area contributed by atoms with Crippen LogP contribution in [0.2, 0.25) is 0 Å². The predicted octanol–water partition coefficient (Wildman–Crippen LogP) is 2.23. The minimum Gasteiger partial charge on any atom is -0.460 e. The normalized spacial score (nSPS) is 10.5. The van der Waals surface area contributed by atoms with Gasteiger partial charge in [0.25, 0.3) is 0 Å². The Morgan fingerprint density at radius 3 is 3.05 bits per heavy atom. The van der Waals surface area contributed by atoms with Crippen molar-refractivity contribution < 1.29 is 9.53 Å². The molecule has 106 valence electrons. The van der Waals surface area contributed by atoms with E-state index in [-0.39, 0.29) is 12.6 Å². The van der Waals surface area contributed by atoms with Crippen molar-refractivity contribution in [3.8, 4) is 0 Å². The molecule has 6 nitrogen and oxygen atoms in total. The van der Waals surface area contributed by atoms with Gasteiger partial charge in [-0.2, -0.15) is 5.10 Å². The highest BCUT2D eigenvalue weighted by molar-refractivity contribution is 6.02. The lowest BCUT2D eigenvalue weighted by atomic mass is 10.1. The summed E-state index contributed by atoms with van der Waals surface area (Å²) in [7, 11) is 0. The molecule has 6 heteroatoms. The van der Waals surface area contributed by atoms with E-state index in [1.165, 1.54) is 0 Å². The lowest BCUT2D eigenvalue weighted by molar-refractivity contribution is 0.0522. The van der Waals surface area contributed by atoms with E-state index < -0.39 is 0 Å². The Morgan fingerprint density at radius 2 is 2.19 bits per heavy atom. The number of nitrogens with zero attached hydrogens (tertiary/aromatic N) is 2. The van der Waals surface area contributed by atoms with E-state index in [1.807, 2.05) is 18.2 Å². The molecule has 0 aliphatic carbocycles. The number of esters is 1. The van der Waals surface area contributed by atoms with E-state index in [0.29, 0.717) is 17.9 Å². The molecule has 0 amide bonds. The third kappa shape index (κ3) is 3.00. The molecule has 2 N–H and O–H groups in total. The van der Waals surface area contributed by atoms with Gasteiger partial charge in [0.2, 0.25) is 0 Å². The molecule has 1 aromatic carbocycles. The van der Waals surface area contributed by atoms with Crippen molar-refractivity contribution in [2.45, 2.75) is 0 Å². The number of benzene rings is 1. The van der Waals surface area contributed by atoms with Crippen LogP contribution in [0.5, 0.6) is 0 Å². The first-order chi connectivity index (χ1) is 10.3. The van der Waals surface area contributed by atoms with Gasteiger partial charge in [0.1, 0.15) is 12.4 Å². The van der Waals surface area contributed by atoms with Crippen LogP contribution in [0, 0.1) is 0 Å². The number of nitrogens with one attached hydrogen (secondary N) is 2. The van der Waals surface area contributed by atoms with Crippen LogP contribution in [0.15, 0.2) is 48.8 Å². The summed E-state index contributed by atoms with van der Waals surface area (Å²) in [5, 5.41) is 11.6. The lowest BCUT2D eigenvalue weighted by Crippen LogP contribution is -2.14. The Morgan fingerprint density at radius 1 is 1.24 bits per heavy atom. The van der Waals surface area contributed by atoms with Gasteiger partial charge in [-0.15, -0.1) is 5.10 Å². The molecule has 0 atom stereocenters. The van der Waals surface area contributed by atoms with E-state index in [0.717, 1.165) is 10.9 Å². The number of aromatic nitrogens is 3. The van der Waals surface area contributed by atoms with Crippen molar-refractivity contribution in [1.29, 1.82) is 0 Å². The van der Waals surface area contributed by atoms with Crippen molar-refractivity contribution in [3.63, 3.8) is 0 Å². The number of carbonyl (C=O) groups excluding carboxylic acids is 1. The summed E-state index contributed by atoms with van der Waals surface area (Å²) < 4.78 is 5.26. The molecule has 3 rings (SSSR count). The van der Waals surface area contributed by atoms with Gasteiger partial charge in [0.15, 0.2) is 0 Å². The third-order valence-corrected chi connectivity index (χ3v) is 3.02. The maximum absolute atomic E-state index is 12.1. The molecule has 0 unspecified atom stereocenters. The van der Waals surface area contributed by atoms with Crippen LogP contribution in [0.25, 0.3) is 10.9 Å². The molecule has 21 heavy (non-hydrogen) atoms. The van der Waals surface area contributed by atoms with E-state index in [4.69, 9.17) is 4.74 Å². The molecule has 0 fully saturated rings. The van der Waals surface area contributed by atoms with Crippen molar-refractivity contribution in [2.24, 2.45) is 0 Å². The van der Waals surface area contributed by atoms with Gasteiger partial charge in [-0.25, -0.2) is 4.79 Å². The average molecular weight is 282 g/mol. The minimum atomic E-state index is -0.344. The zero-order valence-electron chi connectivity index (χ0n) is 11.2. The van der Waals surface area contributed by atoms with Crippen LogP contribution in [0.3, 0.4) is 0 Å². The van der Waals surface area contributed by atoms with Gasteiger partial charge in [-0.05, 0) is 24.3 Å². The molecular weight excluding hydrogens is 268 g/mol. The quantitative estimate of drug-likeness (QED) is 0.554. The van der Waals surface area contributed by atoms with Gasteiger partial charge >= 0.3 is 5.97 Å². The second-order valence-electron chi connectivity index (χ2n) is 4.42. The van der Waals surface area contributed by atoms with Gasteiger partial charge in [-0.3, -0.25) is 0 Å². The first-order valence-electron chi connectivity index (χ1n) is 6.59. The second-order valence-corrected chi connectivity index (χ2v) is 4.42. The minimum absolute atomic E-state index is 0.256. The fraction of sp³-hybridized carbons (Fsp3) is 0.133. The van der Waals surface area contributed by atoms with Crippen LogP contribution in [0.4, 0.5) is 5.82 Å². The number of fused-ring (bicyclic) bond motifs is 1. The fourth-order valence-corrected chi connectivity index (χ4v) is 2.05. The highest BCUT2D eigenvalue weighted by Crippen LogP contribution is 2.17. The van der Waals surface area contributed by atoms with Crippen molar-refractivity contribution in [1.82, 2.24) is 15.2 Å². The Balaban J connectivity index is 1.56. The van der Waals surface area contributed by atoms with Gasteiger partial charge < -0.3 is 15.0 Å². The number of rotatable bonds is 5. The summed E-state index contributed by atoms with van der Waals surface area (Å²) >= 11 is 0. The number of para-hydroxylation sites is 1. The van der Waals surface area contributed by atoms with Crippen molar-refractivity contribution in [2.75, 3.05) is 18.5 Å². The topological polar surface area (TPSA) is 79.9 Å². The van der Waals surface area contributed by atoms with Gasteiger partial charge in [0.05, 0.1) is 17.6 Å². The Labute approximate surface area is 121 Å². The fourth-order valence-electron chi connectivity index (χ4n) is 2.05. The Hall–Kier alpha value is -2.89. The van der Waals surface area contributed by atoms with E-state index in [9.17, 15) is 4.79 Å². The number of H-pyrrole nitrogens is 1. The number of anilines is 1. The maximum atomic E-state index is 12.1. The summed E-state index contributed by atoms with van der Waals surface area (Å²) in [5.74, 6) is 0.309. The molecule has 0 radical (unpaired) electrons. The zero-order chi connectivity index (χ0) is 14.5. The molecule has 0 spiro atoms. The SMILES string of the molecule is O=C(OCCNc1cccnn1)c1cccc2cc[nH]c12. The highest BCUT2D eigenvalue weighted by atomic mass is 16.5. The molecule has 0 saturated heterocycles. The average Bonchev–Trinajstić information content (AvgIpc) is 3.01. The smallest absolute Gasteiger partial charge is 0.340 e. The largest absolute Gasteiger partial charge is 0.460 e. The molecule has 2 heterocycles. The van der Waals surface area contributed by atoms with E-state index in [1.54, 1.807) is 30.6 Å². The summed E-state index contributed by atoms with van der Waals surface area (Å²) in [5.41, 5.74) is 1.33. The van der Waals surface area contributed by atoms with Gasteiger partial charge in [-0.1, -0.05) is 12.1 Å². The van der Waals surface area contributed by atoms with Gasteiger partial charge in [0, 0.05) is 17.8 Å². The third-order valence-electron chi connectivity index (χ3n) is 3.02. The number of hydrogen-bond acceptors (Lipinski definition) is 5. The summed E-state index contributed by atoms with van der Waals surface area (Å²) in [4.78, 5) is 15.1. The van der Waals surface area contributed by atoms with E-state index in [2.05, 4.69) is 20.5 Å². The number of ether oxygens (including phenoxy) is 1. The standard InChI is InChI=1S/C15H14N4O2/c20-15(12-4-1-3-11-6-8-17-14(11)12)21-10-9-16-13-5-2-7-18-19-13/h1-8,17H,9-10H2,(H,16,19). The monoisotopic (exact) mass is 282 g/mol. The summed E-state index contributed by atoms with van der Waals surface area (Å²) in [6, 6.07) is 11.0. The summed E-state index contributed by atoms with van der Waals surface area (Å²) in [6.07, 6.45) is 3.40. The second kappa shape index (κ2) is 6.04. The van der Waals surface area contributed by atoms with Crippen LogP contribution in [-0.2, 0) is 4.74 Å². The highest BCUT2D eigenvalue weighted by Gasteiger charge is 2.11. The molecular formula is C15H14N4O2. The van der Waals surface area contributed by atoms with Crippen LogP contribution in [-0.4, -0.2) is 34.3 Å². The van der Waals surface area contributed by atoms with Crippen LogP contribution >= 0.6 is 0 Å².